The van der Waals surface area contributed by atoms with Crippen molar-refractivity contribution in [1.82, 2.24) is 9.38 Å². The van der Waals surface area contributed by atoms with Crippen LogP contribution in [0.25, 0.3) is 4.96 Å². The molecule has 0 aliphatic rings. The molecule has 0 atom stereocenters. The lowest BCUT2D eigenvalue weighted by Gasteiger charge is -2.17. The Morgan fingerprint density at radius 3 is 2.69 bits per heavy atom. The van der Waals surface area contributed by atoms with Crippen LogP contribution in [0.1, 0.15) is 45.5 Å². The summed E-state index contributed by atoms with van der Waals surface area (Å²) < 4.78 is 3.38. The molecule has 0 amide bonds. The van der Waals surface area contributed by atoms with Crippen molar-refractivity contribution in [2.75, 3.05) is 0 Å². The number of hydrogen-bond donors (Lipinski definition) is 0. The lowest BCUT2D eigenvalue weighted by molar-refractivity contribution is 0.563. The van der Waals surface area contributed by atoms with Gasteiger partial charge in [0, 0.05) is 16.5 Å². The molecule has 2 aromatic rings. The number of fused-ring (bicyclic) bond motifs is 1. The second-order valence-corrected chi connectivity index (χ2v) is 6.68. The molecule has 0 aromatic carbocycles. The Hall–Kier alpha value is -0.350. The summed E-state index contributed by atoms with van der Waals surface area (Å²) in [5.74, 6) is 0. The highest BCUT2D eigenvalue weighted by molar-refractivity contribution is 9.10. The number of rotatable bonds is 2. The molecule has 0 bridgehead atoms. The highest BCUT2D eigenvalue weighted by atomic mass is 79.9. The molecular formula is C12H17BrN2S. The molecule has 2 aromatic heterocycles. The third-order valence-electron chi connectivity index (χ3n) is 2.63. The zero-order valence-corrected chi connectivity index (χ0v) is 12.6. The molecule has 0 radical (unpaired) electrons. The standard InChI is InChI=1S/C12H17BrN2S/c1-5-6-8-10(13)15-9(12(2,3)4)7-16-11(15)14-8/h7H,5-6H2,1-4H3. The summed E-state index contributed by atoms with van der Waals surface area (Å²) in [5, 5.41) is 2.21. The van der Waals surface area contributed by atoms with Gasteiger partial charge in [0.25, 0.3) is 0 Å². The van der Waals surface area contributed by atoms with Gasteiger partial charge in [0.1, 0.15) is 4.60 Å². The smallest absolute Gasteiger partial charge is 0.195 e. The molecule has 0 N–H and O–H groups in total. The Morgan fingerprint density at radius 1 is 1.44 bits per heavy atom. The molecular weight excluding hydrogens is 284 g/mol. The molecule has 0 spiro atoms. The Labute approximate surface area is 109 Å². The van der Waals surface area contributed by atoms with Gasteiger partial charge in [-0.15, -0.1) is 11.3 Å². The molecule has 2 nitrogen and oxygen atoms in total. The second-order valence-electron chi connectivity index (χ2n) is 5.09. The van der Waals surface area contributed by atoms with Crippen LogP contribution >= 0.6 is 27.3 Å². The van der Waals surface area contributed by atoms with E-state index in [4.69, 9.17) is 0 Å². The van der Waals surface area contributed by atoms with E-state index in [0.717, 1.165) is 22.4 Å². The van der Waals surface area contributed by atoms with E-state index in [-0.39, 0.29) is 5.41 Å². The fourth-order valence-electron chi connectivity index (χ4n) is 1.78. The minimum absolute atomic E-state index is 0.158. The summed E-state index contributed by atoms with van der Waals surface area (Å²) in [6, 6.07) is 0. The van der Waals surface area contributed by atoms with Crippen molar-refractivity contribution in [2.24, 2.45) is 0 Å². The van der Waals surface area contributed by atoms with Crippen LogP contribution in [-0.2, 0) is 11.8 Å². The quantitative estimate of drug-likeness (QED) is 0.803. The maximum Gasteiger partial charge on any atom is 0.195 e. The summed E-state index contributed by atoms with van der Waals surface area (Å²) in [7, 11) is 0. The molecule has 0 saturated heterocycles. The Balaban J connectivity index is 2.62. The molecule has 0 aliphatic carbocycles. The normalized spacial score (nSPS) is 12.6. The van der Waals surface area contributed by atoms with Crippen molar-refractivity contribution in [3.05, 3.63) is 21.4 Å². The van der Waals surface area contributed by atoms with E-state index in [1.165, 1.54) is 11.4 Å². The lowest BCUT2D eigenvalue weighted by Crippen LogP contribution is -2.14. The van der Waals surface area contributed by atoms with Gasteiger partial charge in [-0.25, -0.2) is 4.98 Å². The van der Waals surface area contributed by atoms with Crippen LogP contribution in [-0.4, -0.2) is 9.38 Å². The minimum atomic E-state index is 0.158. The summed E-state index contributed by atoms with van der Waals surface area (Å²) in [4.78, 5) is 5.77. The van der Waals surface area contributed by atoms with Crippen LogP contribution < -0.4 is 0 Å². The first-order valence-corrected chi connectivity index (χ1v) is 7.27. The average molecular weight is 301 g/mol. The van der Waals surface area contributed by atoms with Gasteiger partial charge in [0.15, 0.2) is 4.96 Å². The zero-order valence-electron chi connectivity index (χ0n) is 10.2. The van der Waals surface area contributed by atoms with E-state index < -0.39 is 0 Å². The van der Waals surface area contributed by atoms with Crippen LogP contribution in [0.3, 0.4) is 0 Å². The van der Waals surface area contributed by atoms with Crippen molar-refractivity contribution >= 4 is 32.2 Å². The number of nitrogens with zero attached hydrogens (tertiary/aromatic N) is 2. The summed E-state index contributed by atoms with van der Waals surface area (Å²) >= 11 is 5.41. The van der Waals surface area contributed by atoms with Gasteiger partial charge < -0.3 is 0 Å². The maximum absolute atomic E-state index is 4.67. The predicted octanol–water partition coefficient (Wildman–Crippen LogP) is 4.41. The van der Waals surface area contributed by atoms with Crippen molar-refractivity contribution < 1.29 is 0 Å². The number of aryl methyl sites for hydroxylation is 1. The lowest BCUT2D eigenvalue weighted by atomic mass is 9.93. The van der Waals surface area contributed by atoms with Crippen LogP contribution in [0.5, 0.6) is 0 Å². The zero-order chi connectivity index (χ0) is 11.9. The van der Waals surface area contributed by atoms with Crippen LogP contribution in [0.2, 0.25) is 0 Å². The van der Waals surface area contributed by atoms with Gasteiger partial charge in [0.2, 0.25) is 0 Å². The SMILES string of the molecule is CCCc1nc2scc(C(C)(C)C)n2c1Br. The summed E-state index contributed by atoms with van der Waals surface area (Å²) in [6.45, 7) is 8.89. The van der Waals surface area contributed by atoms with E-state index in [9.17, 15) is 0 Å². The van der Waals surface area contributed by atoms with E-state index in [1.54, 1.807) is 11.3 Å². The minimum Gasteiger partial charge on any atom is -0.281 e. The van der Waals surface area contributed by atoms with Gasteiger partial charge in [-0.05, 0) is 22.4 Å². The summed E-state index contributed by atoms with van der Waals surface area (Å²) in [5.41, 5.74) is 2.67. The molecule has 0 unspecified atom stereocenters. The van der Waals surface area contributed by atoms with Crippen LogP contribution in [0.15, 0.2) is 9.98 Å². The number of thiazole rings is 1. The molecule has 16 heavy (non-hydrogen) atoms. The van der Waals surface area contributed by atoms with Crippen molar-refractivity contribution in [3.63, 3.8) is 0 Å². The first-order valence-electron chi connectivity index (χ1n) is 5.60. The Kier molecular flexibility index (Phi) is 3.14. The second kappa shape index (κ2) is 4.15. The third-order valence-corrected chi connectivity index (χ3v) is 4.27. The number of hydrogen-bond acceptors (Lipinski definition) is 2. The van der Waals surface area contributed by atoms with Crippen molar-refractivity contribution in [1.29, 1.82) is 0 Å². The van der Waals surface area contributed by atoms with Crippen molar-refractivity contribution in [2.45, 2.75) is 46.0 Å². The van der Waals surface area contributed by atoms with Crippen LogP contribution in [0, 0.1) is 0 Å². The fourth-order valence-corrected chi connectivity index (χ4v) is 3.68. The van der Waals surface area contributed by atoms with Gasteiger partial charge in [0.05, 0.1) is 5.69 Å². The topological polar surface area (TPSA) is 17.3 Å². The predicted molar refractivity (Wildman–Crippen MR) is 73.5 cm³/mol. The molecule has 2 heterocycles. The van der Waals surface area contributed by atoms with E-state index in [1.807, 2.05) is 0 Å². The van der Waals surface area contributed by atoms with Gasteiger partial charge >= 0.3 is 0 Å². The van der Waals surface area contributed by atoms with Crippen LogP contribution in [0.4, 0.5) is 0 Å². The Morgan fingerprint density at radius 2 is 2.12 bits per heavy atom. The van der Waals surface area contributed by atoms with E-state index in [2.05, 4.69) is 58.4 Å². The molecule has 0 saturated carbocycles. The average Bonchev–Trinajstić information content (AvgIpc) is 2.68. The monoisotopic (exact) mass is 300 g/mol. The molecule has 88 valence electrons. The van der Waals surface area contributed by atoms with Gasteiger partial charge in [-0.3, -0.25) is 4.40 Å². The maximum atomic E-state index is 4.67. The largest absolute Gasteiger partial charge is 0.281 e. The van der Waals surface area contributed by atoms with Crippen molar-refractivity contribution in [3.8, 4) is 0 Å². The number of imidazole rings is 1. The number of aromatic nitrogens is 2. The molecule has 0 aliphatic heterocycles. The summed E-state index contributed by atoms with van der Waals surface area (Å²) in [6.07, 6.45) is 2.17. The molecule has 0 fully saturated rings. The van der Waals surface area contributed by atoms with E-state index >= 15 is 0 Å². The number of halogens is 1. The van der Waals surface area contributed by atoms with Gasteiger partial charge in [-0.2, -0.15) is 0 Å². The third kappa shape index (κ3) is 1.93. The Bertz CT molecular complexity index is 505. The molecule has 2 rings (SSSR count). The highest BCUT2D eigenvalue weighted by Crippen LogP contribution is 2.32. The molecule has 4 heteroatoms. The first-order chi connectivity index (χ1) is 7.45. The first kappa shape index (κ1) is 12.1. The highest BCUT2D eigenvalue weighted by Gasteiger charge is 2.22. The van der Waals surface area contributed by atoms with E-state index in [0.29, 0.717) is 0 Å². The fraction of sp³-hybridized carbons (Fsp3) is 0.583. The van der Waals surface area contributed by atoms with Gasteiger partial charge in [-0.1, -0.05) is 34.1 Å².